The molecule has 1 aromatic rings. The summed E-state index contributed by atoms with van der Waals surface area (Å²) in [5.41, 5.74) is 8.53. The zero-order valence-corrected chi connectivity index (χ0v) is 27.8. The van der Waals surface area contributed by atoms with Gasteiger partial charge in [-0.3, -0.25) is 9.79 Å². The van der Waals surface area contributed by atoms with Crippen molar-refractivity contribution in [2.75, 3.05) is 26.2 Å². The van der Waals surface area contributed by atoms with Gasteiger partial charge in [-0.1, -0.05) is 93.0 Å². The van der Waals surface area contributed by atoms with Crippen LogP contribution >= 0.6 is 0 Å². The molecule has 0 saturated carbocycles. The quantitative estimate of drug-likeness (QED) is 0.202. The highest BCUT2D eigenvalue weighted by Crippen LogP contribution is 2.27. The molecule has 1 aromatic carbocycles. The molecule has 3 aliphatic rings. The van der Waals surface area contributed by atoms with Crippen molar-refractivity contribution < 1.29 is 9.90 Å². The van der Waals surface area contributed by atoms with Gasteiger partial charge in [0.05, 0.1) is 6.10 Å². The van der Waals surface area contributed by atoms with Gasteiger partial charge in [-0.05, 0) is 92.7 Å². The summed E-state index contributed by atoms with van der Waals surface area (Å²) in [4.78, 5) is 21.5. The minimum Gasteiger partial charge on any atom is -0.389 e. The van der Waals surface area contributed by atoms with Crippen molar-refractivity contribution in [1.82, 2.24) is 9.80 Å². The Hall–Kier alpha value is -3.70. The Morgan fingerprint density at radius 3 is 2.56 bits per heavy atom. The first-order valence-electron chi connectivity index (χ1n) is 17.1. The summed E-state index contributed by atoms with van der Waals surface area (Å²) in [6, 6.07) is 8.90. The van der Waals surface area contributed by atoms with Gasteiger partial charge in [0.2, 0.25) is 5.91 Å². The van der Waals surface area contributed by atoms with Crippen LogP contribution in [-0.4, -0.2) is 59.3 Å². The SMILES string of the molecule is CCCC(=CCC/C=C/c1ccc(C2=CC/C=C/N=C/C=C(\N3CC/C=C(\C(=O)N4CC(O)C4)CCC3)C(C)=C2)cc1)CCC. The number of unbranched alkanes of at least 4 members (excludes halogenated alkanes) is 1. The van der Waals surface area contributed by atoms with Crippen LogP contribution < -0.4 is 0 Å². The van der Waals surface area contributed by atoms with Crippen LogP contribution in [0.3, 0.4) is 0 Å². The molecule has 0 radical (unpaired) electrons. The molecule has 1 amide bonds. The average Bonchev–Trinajstić information content (AvgIpc) is 3.04. The number of likely N-dealkylation sites (tertiary alicyclic amines) is 1. The van der Waals surface area contributed by atoms with Crippen molar-refractivity contribution in [3.63, 3.8) is 0 Å². The molecule has 240 valence electrons. The highest BCUT2D eigenvalue weighted by atomic mass is 16.3. The van der Waals surface area contributed by atoms with Crippen molar-refractivity contribution in [2.24, 2.45) is 4.99 Å². The van der Waals surface area contributed by atoms with E-state index in [1.807, 2.05) is 12.4 Å². The molecule has 0 aromatic heterocycles. The second-order valence-corrected chi connectivity index (χ2v) is 12.4. The molecule has 0 bridgehead atoms. The number of β-amino-alcohol motifs (C(OH)–C–C–N with tert-alkyl or cyclic N) is 1. The van der Waals surface area contributed by atoms with E-state index in [0.717, 1.165) is 57.2 Å². The number of carbonyl (C=O) groups excluding carboxylic acids is 1. The summed E-state index contributed by atoms with van der Waals surface area (Å²) in [6.45, 7) is 9.35. The summed E-state index contributed by atoms with van der Waals surface area (Å²) in [5, 5.41) is 9.60. The fourth-order valence-electron chi connectivity index (χ4n) is 6.22. The van der Waals surface area contributed by atoms with Crippen LogP contribution in [0, 0.1) is 0 Å². The molecular weight excluding hydrogens is 554 g/mol. The Balaban J connectivity index is 1.43. The average molecular weight is 608 g/mol. The number of hydrogen-bond donors (Lipinski definition) is 1. The lowest BCUT2D eigenvalue weighted by Gasteiger charge is -2.37. The molecule has 3 heterocycles. The highest BCUT2D eigenvalue weighted by Gasteiger charge is 2.30. The van der Waals surface area contributed by atoms with E-state index in [1.54, 1.807) is 10.5 Å². The van der Waals surface area contributed by atoms with E-state index in [1.165, 1.54) is 53.7 Å². The summed E-state index contributed by atoms with van der Waals surface area (Å²) in [5.74, 6) is 0.0924. The van der Waals surface area contributed by atoms with Gasteiger partial charge in [-0.15, -0.1) is 0 Å². The summed E-state index contributed by atoms with van der Waals surface area (Å²) < 4.78 is 0. The fourth-order valence-corrected chi connectivity index (χ4v) is 6.22. The first-order valence-corrected chi connectivity index (χ1v) is 17.1. The summed E-state index contributed by atoms with van der Waals surface area (Å²) in [7, 11) is 0. The molecule has 5 heteroatoms. The van der Waals surface area contributed by atoms with Crippen LogP contribution in [0.25, 0.3) is 11.6 Å². The molecule has 0 spiro atoms. The highest BCUT2D eigenvalue weighted by molar-refractivity contribution is 5.94. The molecule has 45 heavy (non-hydrogen) atoms. The van der Waals surface area contributed by atoms with Crippen molar-refractivity contribution in [3.8, 4) is 0 Å². The molecular formula is C40H53N3O2. The monoisotopic (exact) mass is 607 g/mol. The number of allylic oxidation sites excluding steroid dienone is 9. The van der Waals surface area contributed by atoms with Gasteiger partial charge >= 0.3 is 0 Å². The zero-order valence-electron chi connectivity index (χ0n) is 27.8. The lowest BCUT2D eigenvalue weighted by Crippen LogP contribution is -2.54. The smallest absolute Gasteiger partial charge is 0.249 e. The van der Waals surface area contributed by atoms with Crippen molar-refractivity contribution in [1.29, 1.82) is 0 Å². The number of amides is 1. The van der Waals surface area contributed by atoms with Crippen LogP contribution in [0.5, 0.6) is 0 Å². The standard InChI is InChI=1S/C40H53N3O2/c1-4-13-33(14-5-2)15-7-6-8-16-34-20-22-35(23-21-34)37-17-9-10-25-41-26-24-39(32(3)29-37)42-27-11-18-36(19-12-28-42)40(45)43-30-38(44)31-43/h8,10,15-18,20-26,29,38,44H,4-7,9,11-14,19,27-28,30-31H2,1-3H3/b16-8+,25-10+,32-29?,36-18-,37-17?,39-24-,41-26+. The van der Waals surface area contributed by atoms with E-state index in [9.17, 15) is 9.90 Å². The number of nitrogens with zero attached hydrogens (tertiary/aromatic N) is 3. The normalized spacial score (nSPS) is 22.0. The third-order valence-electron chi connectivity index (χ3n) is 8.65. The number of aliphatic hydroxyl groups is 1. The second kappa shape index (κ2) is 18.3. The molecule has 0 aliphatic carbocycles. The van der Waals surface area contributed by atoms with Gasteiger partial charge < -0.3 is 14.9 Å². The maximum atomic E-state index is 12.8. The number of aliphatic imine (C=N–C) groups is 1. The van der Waals surface area contributed by atoms with Crippen LogP contribution in [0.2, 0.25) is 0 Å². The Kier molecular flexibility index (Phi) is 13.9. The van der Waals surface area contributed by atoms with Crippen molar-refractivity contribution in [3.05, 3.63) is 107 Å². The predicted octanol–water partition coefficient (Wildman–Crippen LogP) is 8.82. The molecule has 3 aliphatic heterocycles. The van der Waals surface area contributed by atoms with E-state index in [4.69, 9.17) is 0 Å². The predicted molar refractivity (Wildman–Crippen MR) is 191 cm³/mol. The maximum absolute atomic E-state index is 12.8. The summed E-state index contributed by atoms with van der Waals surface area (Å²) in [6.07, 6.45) is 31.7. The van der Waals surface area contributed by atoms with Gasteiger partial charge in [-0.2, -0.15) is 0 Å². The van der Waals surface area contributed by atoms with E-state index in [0.29, 0.717) is 13.1 Å². The van der Waals surface area contributed by atoms with Crippen LogP contribution in [0.4, 0.5) is 0 Å². The van der Waals surface area contributed by atoms with Gasteiger partial charge in [0.15, 0.2) is 0 Å². The van der Waals surface area contributed by atoms with Gasteiger partial charge in [0.1, 0.15) is 0 Å². The first-order chi connectivity index (χ1) is 22.0. The Labute approximate surface area is 271 Å². The second-order valence-electron chi connectivity index (χ2n) is 12.4. The van der Waals surface area contributed by atoms with Gasteiger partial charge in [0, 0.05) is 49.9 Å². The molecule has 1 N–H and O–H groups in total. The zero-order chi connectivity index (χ0) is 31.9. The Morgan fingerprint density at radius 2 is 1.82 bits per heavy atom. The molecule has 1 fully saturated rings. The van der Waals surface area contributed by atoms with Crippen LogP contribution in [-0.2, 0) is 4.79 Å². The number of aliphatic hydroxyl groups excluding tert-OH is 1. The third kappa shape index (κ3) is 10.7. The van der Waals surface area contributed by atoms with E-state index in [-0.39, 0.29) is 12.0 Å². The maximum Gasteiger partial charge on any atom is 0.249 e. The molecule has 5 nitrogen and oxygen atoms in total. The van der Waals surface area contributed by atoms with E-state index in [2.05, 4.69) is 104 Å². The van der Waals surface area contributed by atoms with Crippen LogP contribution in [0.15, 0.2) is 100 Å². The summed E-state index contributed by atoms with van der Waals surface area (Å²) >= 11 is 0. The number of hydrogen-bond acceptors (Lipinski definition) is 4. The number of carbonyl (C=O) groups is 1. The topological polar surface area (TPSA) is 56.1 Å². The lowest BCUT2D eigenvalue weighted by atomic mass is 9.98. The van der Waals surface area contributed by atoms with Gasteiger partial charge in [-0.25, -0.2) is 0 Å². The number of rotatable bonds is 11. The van der Waals surface area contributed by atoms with Crippen molar-refractivity contribution in [2.45, 2.75) is 91.1 Å². The number of benzene rings is 1. The van der Waals surface area contributed by atoms with E-state index >= 15 is 0 Å². The molecule has 0 atom stereocenters. The molecule has 4 rings (SSSR count). The lowest BCUT2D eigenvalue weighted by molar-refractivity contribution is -0.137. The Morgan fingerprint density at radius 1 is 1.04 bits per heavy atom. The molecule has 0 unspecified atom stereocenters. The van der Waals surface area contributed by atoms with Crippen LogP contribution in [0.1, 0.15) is 96.1 Å². The fraction of sp³-hybridized carbons (Fsp3) is 0.450. The Bertz CT molecular complexity index is 1360. The first kappa shape index (κ1) is 34.2. The minimum atomic E-state index is -0.367. The minimum absolute atomic E-state index is 0.0924. The van der Waals surface area contributed by atoms with E-state index < -0.39 is 0 Å². The van der Waals surface area contributed by atoms with Crippen molar-refractivity contribution >= 4 is 23.8 Å². The molecule has 1 saturated heterocycles. The third-order valence-corrected chi connectivity index (χ3v) is 8.65. The largest absolute Gasteiger partial charge is 0.389 e. The van der Waals surface area contributed by atoms with Gasteiger partial charge in [0.25, 0.3) is 0 Å².